The minimum Gasteiger partial charge on any atom is -0.312 e. The van der Waals surface area contributed by atoms with Gasteiger partial charge in [-0.3, -0.25) is 0 Å². The SMILES string of the molecule is Cc1cc2c3c(sc2s1)CNCC3. The van der Waals surface area contributed by atoms with Gasteiger partial charge in [0.15, 0.2) is 0 Å². The molecule has 1 nitrogen and oxygen atoms in total. The Bertz CT molecular complexity index is 453. The van der Waals surface area contributed by atoms with Crippen molar-refractivity contribution in [3.8, 4) is 0 Å². The predicted molar refractivity (Wildman–Crippen MR) is 59.8 cm³/mol. The summed E-state index contributed by atoms with van der Waals surface area (Å²) in [6.45, 7) is 4.43. The van der Waals surface area contributed by atoms with Crippen LogP contribution >= 0.6 is 22.7 Å². The number of aryl methyl sites for hydroxylation is 1. The van der Waals surface area contributed by atoms with E-state index in [1.54, 1.807) is 10.4 Å². The zero-order valence-electron chi connectivity index (χ0n) is 7.52. The molecule has 1 aliphatic rings. The van der Waals surface area contributed by atoms with Crippen LogP contribution in [-0.4, -0.2) is 6.54 Å². The van der Waals surface area contributed by atoms with Crippen LogP contribution in [0.1, 0.15) is 15.3 Å². The second-order valence-electron chi connectivity index (χ2n) is 3.49. The van der Waals surface area contributed by atoms with Crippen molar-refractivity contribution in [3.05, 3.63) is 21.4 Å². The van der Waals surface area contributed by atoms with E-state index in [1.165, 1.54) is 20.7 Å². The lowest BCUT2D eigenvalue weighted by Crippen LogP contribution is -2.21. The summed E-state index contributed by atoms with van der Waals surface area (Å²) in [5.41, 5.74) is 1.61. The molecule has 68 valence electrons. The van der Waals surface area contributed by atoms with Crippen LogP contribution in [0.4, 0.5) is 0 Å². The summed E-state index contributed by atoms with van der Waals surface area (Å²) in [5, 5.41) is 4.95. The zero-order valence-corrected chi connectivity index (χ0v) is 9.15. The van der Waals surface area contributed by atoms with Gasteiger partial charge in [-0.15, -0.1) is 22.7 Å². The normalized spacial score (nSPS) is 16.4. The Hall–Kier alpha value is -0.380. The van der Waals surface area contributed by atoms with Crippen LogP contribution in [0.25, 0.3) is 9.40 Å². The first-order chi connectivity index (χ1) is 6.34. The highest BCUT2D eigenvalue weighted by molar-refractivity contribution is 7.38. The highest BCUT2D eigenvalue weighted by Gasteiger charge is 2.16. The van der Waals surface area contributed by atoms with Crippen LogP contribution in [0.3, 0.4) is 0 Å². The van der Waals surface area contributed by atoms with Gasteiger partial charge in [0.05, 0.1) is 4.01 Å². The monoisotopic (exact) mass is 209 g/mol. The summed E-state index contributed by atoms with van der Waals surface area (Å²) >= 11 is 3.91. The second-order valence-corrected chi connectivity index (χ2v) is 6.11. The first-order valence-corrected chi connectivity index (χ1v) is 6.19. The molecule has 0 bridgehead atoms. The Morgan fingerprint density at radius 1 is 1.38 bits per heavy atom. The molecule has 0 unspecified atom stereocenters. The van der Waals surface area contributed by atoms with Crippen LogP contribution in [0.15, 0.2) is 6.07 Å². The molecule has 3 heterocycles. The third kappa shape index (κ3) is 1.15. The fourth-order valence-electron chi connectivity index (χ4n) is 1.93. The van der Waals surface area contributed by atoms with E-state index in [2.05, 4.69) is 18.3 Å². The number of rotatable bonds is 0. The van der Waals surface area contributed by atoms with Crippen LogP contribution in [0.2, 0.25) is 0 Å². The van der Waals surface area contributed by atoms with E-state index in [-0.39, 0.29) is 0 Å². The smallest absolute Gasteiger partial charge is 0.0873 e. The van der Waals surface area contributed by atoms with Gasteiger partial charge >= 0.3 is 0 Å². The van der Waals surface area contributed by atoms with Gasteiger partial charge in [0, 0.05) is 21.7 Å². The molecule has 1 N–H and O–H groups in total. The number of nitrogens with one attached hydrogen (secondary N) is 1. The average molecular weight is 209 g/mol. The van der Waals surface area contributed by atoms with Crippen molar-refractivity contribution < 1.29 is 0 Å². The molecule has 0 fully saturated rings. The Labute approximate surface area is 85.4 Å². The maximum Gasteiger partial charge on any atom is 0.0873 e. The first-order valence-electron chi connectivity index (χ1n) is 4.56. The Balaban J connectivity index is 2.30. The lowest BCUT2D eigenvalue weighted by molar-refractivity contribution is 0.657. The molecule has 0 saturated carbocycles. The lowest BCUT2D eigenvalue weighted by atomic mass is 10.1. The van der Waals surface area contributed by atoms with Gasteiger partial charge in [-0.1, -0.05) is 0 Å². The molecule has 3 heteroatoms. The molecule has 3 rings (SSSR count). The molecular weight excluding hydrogens is 198 g/mol. The number of fused-ring (bicyclic) bond motifs is 3. The molecule has 0 amide bonds. The molecule has 2 aromatic heterocycles. The molecule has 0 spiro atoms. The molecule has 2 aromatic rings. The molecule has 0 radical (unpaired) electrons. The quantitative estimate of drug-likeness (QED) is 0.703. The fraction of sp³-hybridized carbons (Fsp3) is 0.400. The molecule has 0 saturated heterocycles. The summed E-state index contributed by atoms with van der Waals surface area (Å²) in [6.07, 6.45) is 1.21. The van der Waals surface area contributed by atoms with Gasteiger partial charge < -0.3 is 5.32 Å². The third-order valence-electron chi connectivity index (χ3n) is 2.54. The average Bonchev–Trinajstić information content (AvgIpc) is 2.60. The molecule has 13 heavy (non-hydrogen) atoms. The Morgan fingerprint density at radius 3 is 3.23 bits per heavy atom. The van der Waals surface area contributed by atoms with Crippen LogP contribution < -0.4 is 5.32 Å². The van der Waals surface area contributed by atoms with Crippen molar-refractivity contribution in [2.75, 3.05) is 6.54 Å². The lowest BCUT2D eigenvalue weighted by Gasteiger charge is -2.11. The summed E-state index contributed by atoms with van der Waals surface area (Å²) < 4.78 is 1.52. The number of hydrogen-bond acceptors (Lipinski definition) is 3. The predicted octanol–water partition coefficient (Wildman–Crippen LogP) is 2.92. The van der Waals surface area contributed by atoms with E-state index in [0.29, 0.717) is 0 Å². The van der Waals surface area contributed by atoms with Gasteiger partial charge in [0.1, 0.15) is 0 Å². The third-order valence-corrected chi connectivity index (χ3v) is 4.92. The number of hydrogen-bond donors (Lipinski definition) is 1. The van der Waals surface area contributed by atoms with E-state index in [0.717, 1.165) is 13.1 Å². The first kappa shape index (κ1) is 7.97. The Morgan fingerprint density at radius 2 is 2.31 bits per heavy atom. The maximum absolute atomic E-state index is 3.42. The molecule has 1 aliphatic heterocycles. The summed E-state index contributed by atoms with van der Waals surface area (Å²) in [5.74, 6) is 0. The van der Waals surface area contributed by atoms with E-state index < -0.39 is 0 Å². The van der Waals surface area contributed by atoms with Crippen molar-refractivity contribution in [3.63, 3.8) is 0 Å². The molecule has 0 atom stereocenters. The van der Waals surface area contributed by atoms with E-state index >= 15 is 0 Å². The number of thiophene rings is 2. The van der Waals surface area contributed by atoms with E-state index in [1.807, 2.05) is 22.7 Å². The zero-order chi connectivity index (χ0) is 8.84. The minimum atomic E-state index is 1.08. The summed E-state index contributed by atoms with van der Waals surface area (Å²) in [4.78, 5) is 3.01. The van der Waals surface area contributed by atoms with Crippen LogP contribution in [-0.2, 0) is 13.0 Å². The molecule has 0 aliphatic carbocycles. The second kappa shape index (κ2) is 2.80. The van der Waals surface area contributed by atoms with Crippen molar-refractivity contribution in [2.45, 2.75) is 19.9 Å². The summed E-state index contributed by atoms with van der Waals surface area (Å²) in [6, 6.07) is 2.35. The topological polar surface area (TPSA) is 12.0 Å². The van der Waals surface area contributed by atoms with Crippen LogP contribution in [0.5, 0.6) is 0 Å². The van der Waals surface area contributed by atoms with Gasteiger partial charge in [0.25, 0.3) is 0 Å². The van der Waals surface area contributed by atoms with Crippen molar-refractivity contribution >= 4 is 32.1 Å². The molecule has 0 aromatic carbocycles. The van der Waals surface area contributed by atoms with Crippen molar-refractivity contribution in [1.82, 2.24) is 5.32 Å². The van der Waals surface area contributed by atoms with Crippen LogP contribution in [0, 0.1) is 6.92 Å². The minimum absolute atomic E-state index is 1.08. The van der Waals surface area contributed by atoms with Gasteiger partial charge in [-0.05, 0) is 31.5 Å². The van der Waals surface area contributed by atoms with E-state index in [9.17, 15) is 0 Å². The highest BCUT2D eigenvalue weighted by atomic mass is 32.2. The fourth-order valence-corrected chi connectivity index (χ4v) is 4.58. The van der Waals surface area contributed by atoms with Gasteiger partial charge in [0.2, 0.25) is 0 Å². The molecular formula is C10H11NS2. The maximum atomic E-state index is 3.42. The van der Waals surface area contributed by atoms with Gasteiger partial charge in [-0.25, -0.2) is 0 Å². The highest BCUT2D eigenvalue weighted by Crippen LogP contribution is 2.38. The standard InChI is InChI=1S/C10H11NS2/c1-6-4-8-7-2-3-11-5-9(7)13-10(8)12-6/h4,11H,2-3,5H2,1H3. The summed E-state index contributed by atoms with van der Waals surface area (Å²) in [7, 11) is 0. The Kier molecular flexibility index (Phi) is 1.72. The van der Waals surface area contributed by atoms with Gasteiger partial charge in [-0.2, -0.15) is 0 Å². The largest absolute Gasteiger partial charge is 0.312 e. The van der Waals surface area contributed by atoms with Crippen molar-refractivity contribution in [2.24, 2.45) is 0 Å². The van der Waals surface area contributed by atoms with E-state index in [4.69, 9.17) is 0 Å². The van der Waals surface area contributed by atoms with Crippen molar-refractivity contribution in [1.29, 1.82) is 0 Å².